The molecule has 0 unspecified atom stereocenters. The topological polar surface area (TPSA) is 94.1 Å². The summed E-state index contributed by atoms with van der Waals surface area (Å²) in [4.78, 5) is 24.5. The Morgan fingerprint density at radius 2 is 1.85 bits per heavy atom. The monoisotopic (exact) mass is 453 g/mol. The van der Waals surface area contributed by atoms with Gasteiger partial charge in [-0.05, 0) is 48.6 Å². The average Bonchev–Trinajstić information content (AvgIpc) is 2.86. The van der Waals surface area contributed by atoms with Crippen molar-refractivity contribution in [2.45, 2.75) is 37.9 Å². The molecule has 0 spiro atoms. The van der Waals surface area contributed by atoms with Gasteiger partial charge in [0.1, 0.15) is 0 Å². The number of carbonyl (C=O) groups excluding carboxylic acids is 2. The Kier molecular flexibility index (Phi) is 9.47. The van der Waals surface area contributed by atoms with Gasteiger partial charge in [0, 0.05) is 25.5 Å². The zero-order valence-corrected chi connectivity index (χ0v) is 18.9. The first-order valence-corrected chi connectivity index (χ1v) is 11.2. The van der Waals surface area contributed by atoms with Gasteiger partial charge in [-0.3, -0.25) is 4.79 Å². The van der Waals surface area contributed by atoms with E-state index in [0.717, 1.165) is 17.5 Å². The van der Waals surface area contributed by atoms with E-state index in [2.05, 4.69) is 5.32 Å². The van der Waals surface area contributed by atoms with E-state index in [1.165, 1.54) is 7.11 Å². The first kappa shape index (κ1) is 24.5. The number of carbonyl (C=O) groups is 2. The normalized spacial score (nSPS) is 17.6. The molecule has 0 saturated heterocycles. The zero-order valence-electron chi connectivity index (χ0n) is 18.9. The molecule has 2 atom stereocenters. The first-order valence-electron chi connectivity index (χ1n) is 11.2. The third-order valence-electron chi connectivity index (χ3n) is 5.44. The summed E-state index contributed by atoms with van der Waals surface area (Å²) in [5.74, 6) is -0.565. The number of allylic oxidation sites excluding steroid dienone is 1. The Hall–Kier alpha value is -3.16. The minimum absolute atomic E-state index is 0.108. The highest BCUT2D eigenvalue weighted by Gasteiger charge is 2.28. The smallest absolute Gasteiger partial charge is 0.337 e. The standard InChI is InChI=1S/C26H31NO6/c1-31-26(30)21-11-9-20(10-12-21)22-17-23(33-24(18-22)32-16-6-5-15-28)25(29)27-14-13-19-7-3-2-4-8-19/h2-4,7-12,17,22,24,28H,5-6,13-16,18H2,1H3,(H,27,29)/t22-,24+/m1/s1. The van der Waals surface area contributed by atoms with E-state index < -0.39 is 12.3 Å². The highest BCUT2D eigenvalue weighted by Crippen LogP contribution is 2.31. The van der Waals surface area contributed by atoms with Gasteiger partial charge >= 0.3 is 5.97 Å². The summed E-state index contributed by atoms with van der Waals surface area (Å²) in [5.41, 5.74) is 2.56. The Labute approximate surface area is 194 Å². The molecule has 0 aliphatic carbocycles. The molecule has 176 valence electrons. The Bertz CT molecular complexity index is 926. The predicted molar refractivity (Wildman–Crippen MR) is 124 cm³/mol. The van der Waals surface area contributed by atoms with Gasteiger partial charge in [0.15, 0.2) is 5.76 Å². The van der Waals surface area contributed by atoms with E-state index in [4.69, 9.17) is 19.3 Å². The van der Waals surface area contributed by atoms with E-state index in [-0.39, 0.29) is 24.2 Å². The maximum absolute atomic E-state index is 12.8. The molecule has 0 aromatic heterocycles. The Balaban J connectivity index is 1.68. The Morgan fingerprint density at radius 3 is 2.55 bits per heavy atom. The number of benzene rings is 2. The lowest BCUT2D eigenvalue weighted by atomic mass is 9.92. The van der Waals surface area contributed by atoms with E-state index in [9.17, 15) is 9.59 Å². The van der Waals surface area contributed by atoms with Crippen LogP contribution in [0.5, 0.6) is 0 Å². The number of hydrogen-bond donors (Lipinski definition) is 2. The predicted octanol–water partition coefficient (Wildman–Crippen LogP) is 3.34. The second kappa shape index (κ2) is 12.8. The number of ether oxygens (including phenoxy) is 3. The number of aliphatic hydroxyl groups is 1. The number of esters is 1. The molecular formula is C26H31NO6. The molecule has 0 fully saturated rings. The lowest BCUT2D eigenvalue weighted by Crippen LogP contribution is -2.34. The van der Waals surface area contributed by atoms with Gasteiger partial charge in [-0.25, -0.2) is 4.79 Å². The molecule has 7 heteroatoms. The fraction of sp³-hybridized carbons (Fsp3) is 0.385. The van der Waals surface area contributed by atoms with Gasteiger partial charge in [-0.2, -0.15) is 0 Å². The Morgan fingerprint density at radius 1 is 1.09 bits per heavy atom. The van der Waals surface area contributed by atoms with Gasteiger partial charge in [-0.15, -0.1) is 0 Å². The van der Waals surface area contributed by atoms with Crippen molar-refractivity contribution >= 4 is 11.9 Å². The van der Waals surface area contributed by atoms with Crippen LogP contribution in [-0.4, -0.2) is 50.1 Å². The highest BCUT2D eigenvalue weighted by atomic mass is 16.7. The number of amides is 1. The number of hydrogen-bond acceptors (Lipinski definition) is 6. The van der Waals surface area contributed by atoms with Gasteiger partial charge in [0.2, 0.25) is 6.29 Å². The number of nitrogens with one attached hydrogen (secondary N) is 1. The quantitative estimate of drug-likeness (QED) is 0.400. The fourth-order valence-corrected chi connectivity index (χ4v) is 3.62. The zero-order chi connectivity index (χ0) is 23.5. The molecule has 2 aromatic carbocycles. The van der Waals surface area contributed by atoms with Crippen LogP contribution < -0.4 is 5.32 Å². The summed E-state index contributed by atoms with van der Waals surface area (Å²) in [7, 11) is 1.35. The van der Waals surface area contributed by atoms with Crippen LogP contribution in [0.2, 0.25) is 0 Å². The minimum Gasteiger partial charge on any atom is -0.465 e. The molecular weight excluding hydrogens is 422 g/mol. The van der Waals surface area contributed by atoms with Gasteiger partial charge < -0.3 is 24.6 Å². The van der Waals surface area contributed by atoms with Crippen LogP contribution >= 0.6 is 0 Å². The summed E-state index contributed by atoms with van der Waals surface area (Å²) < 4.78 is 16.5. The molecule has 1 amide bonds. The maximum Gasteiger partial charge on any atom is 0.337 e. The van der Waals surface area contributed by atoms with E-state index in [1.807, 2.05) is 42.5 Å². The van der Waals surface area contributed by atoms with Gasteiger partial charge in [0.25, 0.3) is 5.91 Å². The summed E-state index contributed by atoms with van der Waals surface area (Å²) >= 11 is 0. The lowest BCUT2D eigenvalue weighted by molar-refractivity contribution is -0.146. The van der Waals surface area contributed by atoms with Crippen molar-refractivity contribution in [2.75, 3.05) is 26.9 Å². The second-order valence-electron chi connectivity index (χ2n) is 7.83. The molecule has 7 nitrogen and oxygen atoms in total. The number of rotatable bonds is 11. The van der Waals surface area contributed by atoms with E-state index in [1.54, 1.807) is 18.2 Å². The summed E-state index contributed by atoms with van der Waals surface area (Å²) in [6.07, 6.45) is 3.84. The molecule has 2 aromatic rings. The van der Waals surface area contributed by atoms with Crippen molar-refractivity contribution in [3.8, 4) is 0 Å². The van der Waals surface area contributed by atoms with Crippen LogP contribution in [0.15, 0.2) is 66.4 Å². The van der Waals surface area contributed by atoms with Crippen molar-refractivity contribution in [3.05, 3.63) is 83.1 Å². The summed E-state index contributed by atoms with van der Waals surface area (Å²) in [6.45, 7) is 1.03. The molecule has 0 radical (unpaired) electrons. The molecule has 1 aliphatic heterocycles. The maximum atomic E-state index is 12.8. The summed E-state index contributed by atoms with van der Waals surface area (Å²) in [5, 5.41) is 11.9. The lowest BCUT2D eigenvalue weighted by Gasteiger charge is -2.29. The van der Waals surface area contributed by atoms with Crippen molar-refractivity contribution in [1.29, 1.82) is 0 Å². The fourth-order valence-electron chi connectivity index (χ4n) is 3.62. The molecule has 2 N–H and O–H groups in total. The first-order chi connectivity index (χ1) is 16.1. The third kappa shape index (κ3) is 7.44. The SMILES string of the molecule is COC(=O)c1ccc([C@@H]2C=C(C(=O)NCCc3ccccc3)O[C@H](OCCCCO)C2)cc1. The van der Waals surface area contributed by atoms with Crippen LogP contribution in [0.1, 0.15) is 46.7 Å². The van der Waals surface area contributed by atoms with Crippen LogP contribution in [0.25, 0.3) is 0 Å². The molecule has 1 heterocycles. The van der Waals surface area contributed by atoms with Gasteiger partial charge in [-0.1, -0.05) is 42.5 Å². The molecule has 3 rings (SSSR count). The van der Waals surface area contributed by atoms with E-state index >= 15 is 0 Å². The van der Waals surface area contributed by atoms with Crippen LogP contribution in [0.3, 0.4) is 0 Å². The number of aliphatic hydroxyl groups excluding tert-OH is 1. The van der Waals surface area contributed by atoms with Crippen LogP contribution in [-0.2, 0) is 25.4 Å². The molecule has 0 bridgehead atoms. The largest absolute Gasteiger partial charge is 0.465 e. The van der Waals surface area contributed by atoms with Crippen molar-refractivity contribution in [2.24, 2.45) is 0 Å². The van der Waals surface area contributed by atoms with Crippen molar-refractivity contribution in [3.63, 3.8) is 0 Å². The number of methoxy groups -OCH3 is 1. The van der Waals surface area contributed by atoms with Crippen molar-refractivity contribution < 1.29 is 28.9 Å². The van der Waals surface area contributed by atoms with Crippen molar-refractivity contribution in [1.82, 2.24) is 5.32 Å². The highest BCUT2D eigenvalue weighted by molar-refractivity contribution is 5.92. The summed E-state index contributed by atoms with van der Waals surface area (Å²) in [6, 6.07) is 17.1. The average molecular weight is 454 g/mol. The molecule has 33 heavy (non-hydrogen) atoms. The minimum atomic E-state index is -0.575. The van der Waals surface area contributed by atoms with E-state index in [0.29, 0.717) is 38.0 Å². The van der Waals surface area contributed by atoms with Crippen LogP contribution in [0.4, 0.5) is 0 Å². The third-order valence-corrected chi connectivity index (χ3v) is 5.44. The second-order valence-corrected chi connectivity index (χ2v) is 7.83. The van der Waals surface area contributed by atoms with Crippen LogP contribution in [0, 0.1) is 0 Å². The number of unbranched alkanes of at least 4 members (excludes halogenated alkanes) is 1. The molecule has 0 saturated carbocycles. The molecule has 1 aliphatic rings. The van der Waals surface area contributed by atoms with Gasteiger partial charge in [0.05, 0.1) is 19.3 Å².